The Hall–Kier alpha value is -1.55. The van der Waals surface area contributed by atoms with Crippen LogP contribution < -0.4 is 10.1 Å². The van der Waals surface area contributed by atoms with Crippen molar-refractivity contribution in [3.63, 3.8) is 0 Å². The zero-order chi connectivity index (χ0) is 15.2. The van der Waals surface area contributed by atoms with Crippen LogP contribution in [0.25, 0.3) is 0 Å². The third-order valence-electron chi connectivity index (χ3n) is 4.33. The second kappa shape index (κ2) is 7.46. The van der Waals surface area contributed by atoms with Gasteiger partial charge in [-0.15, -0.1) is 0 Å². The van der Waals surface area contributed by atoms with Crippen LogP contribution in [-0.4, -0.2) is 43.6 Å². The Kier molecular flexibility index (Phi) is 5.62. The first-order valence-corrected chi connectivity index (χ1v) is 7.89. The van der Waals surface area contributed by atoms with Crippen LogP contribution in [0.2, 0.25) is 0 Å². The Morgan fingerprint density at radius 2 is 2.24 bits per heavy atom. The molecule has 2 rings (SSSR count). The van der Waals surface area contributed by atoms with Crippen LogP contribution in [-0.2, 0) is 6.42 Å². The maximum Gasteiger partial charge on any atom is 0.255 e. The summed E-state index contributed by atoms with van der Waals surface area (Å²) in [5.41, 5.74) is 1.71. The van der Waals surface area contributed by atoms with E-state index in [-0.39, 0.29) is 5.91 Å². The molecule has 0 saturated carbocycles. The highest BCUT2D eigenvalue weighted by molar-refractivity contribution is 5.97. The minimum absolute atomic E-state index is 0.0369. The van der Waals surface area contributed by atoms with Gasteiger partial charge in [-0.2, -0.15) is 0 Å². The number of rotatable bonds is 6. The highest BCUT2D eigenvalue weighted by Gasteiger charge is 2.24. The molecule has 1 unspecified atom stereocenters. The molecule has 1 amide bonds. The van der Waals surface area contributed by atoms with Gasteiger partial charge in [-0.25, -0.2) is 0 Å². The highest BCUT2D eigenvalue weighted by Crippen LogP contribution is 2.24. The lowest BCUT2D eigenvalue weighted by Crippen LogP contribution is -2.40. The molecule has 0 radical (unpaired) electrons. The fourth-order valence-corrected chi connectivity index (χ4v) is 3.13. The second-order valence-corrected chi connectivity index (χ2v) is 5.49. The van der Waals surface area contributed by atoms with Gasteiger partial charge in [0.25, 0.3) is 5.91 Å². The lowest BCUT2D eigenvalue weighted by molar-refractivity contribution is 0.0938. The topological polar surface area (TPSA) is 41.6 Å². The summed E-state index contributed by atoms with van der Waals surface area (Å²) in [6.45, 7) is 7.15. The van der Waals surface area contributed by atoms with Crippen molar-refractivity contribution in [3.8, 4) is 5.75 Å². The zero-order valence-electron chi connectivity index (χ0n) is 13.3. The van der Waals surface area contributed by atoms with E-state index in [0.717, 1.165) is 25.1 Å². The largest absolute Gasteiger partial charge is 0.496 e. The van der Waals surface area contributed by atoms with E-state index in [1.54, 1.807) is 7.11 Å². The lowest BCUT2D eigenvalue weighted by Gasteiger charge is -2.23. The van der Waals surface area contributed by atoms with Crippen molar-refractivity contribution < 1.29 is 9.53 Å². The fraction of sp³-hybridized carbons (Fsp3) is 0.588. The number of carbonyl (C=O) groups excluding carboxylic acids is 1. The minimum Gasteiger partial charge on any atom is -0.496 e. The summed E-state index contributed by atoms with van der Waals surface area (Å²) in [7, 11) is 1.63. The van der Waals surface area contributed by atoms with Crippen LogP contribution in [0.3, 0.4) is 0 Å². The quantitative estimate of drug-likeness (QED) is 0.875. The first-order valence-electron chi connectivity index (χ1n) is 7.89. The van der Waals surface area contributed by atoms with Crippen LogP contribution in [0.15, 0.2) is 18.2 Å². The minimum atomic E-state index is -0.0369. The van der Waals surface area contributed by atoms with Crippen molar-refractivity contribution in [2.45, 2.75) is 39.2 Å². The molecule has 0 spiro atoms. The fourth-order valence-electron chi connectivity index (χ4n) is 3.13. The van der Waals surface area contributed by atoms with Crippen molar-refractivity contribution in [2.24, 2.45) is 0 Å². The van der Waals surface area contributed by atoms with Gasteiger partial charge in [-0.05, 0) is 44.0 Å². The summed E-state index contributed by atoms with van der Waals surface area (Å²) in [6, 6.07) is 6.23. The van der Waals surface area contributed by atoms with Crippen molar-refractivity contribution in [2.75, 3.05) is 26.7 Å². The Morgan fingerprint density at radius 1 is 1.43 bits per heavy atom. The Labute approximate surface area is 127 Å². The van der Waals surface area contributed by atoms with Gasteiger partial charge in [0.05, 0.1) is 12.7 Å². The van der Waals surface area contributed by atoms with E-state index < -0.39 is 0 Å². The summed E-state index contributed by atoms with van der Waals surface area (Å²) in [6.07, 6.45) is 3.25. The number of para-hydroxylation sites is 1. The van der Waals surface area contributed by atoms with Crippen molar-refractivity contribution in [1.29, 1.82) is 0 Å². The lowest BCUT2D eigenvalue weighted by atomic mass is 10.1. The Morgan fingerprint density at radius 3 is 2.90 bits per heavy atom. The third-order valence-corrected chi connectivity index (χ3v) is 4.33. The van der Waals surface area contributed by atoms with E-state index in [1.165, 1.54) is 12.8 Å². The normalized spacial score (nSPS) is 18.7. The number of nitrogens with zero attached hydrogens (tertiary/aromatic N) is 1. The molecule has 1 aliphatic rings. The van der Waals surface area contributed by atoms with Crippen LogP contribution in [0.1, 0.15) is 42.6 Å². The highest BCUT2D eigenvalue weighted by atomic mass is 16.5. The number of nitrogens with one attached hydrogen (secondary N) is 1. The van der Waals surface area contributed by atoms with Crippen LogP contribution in [0.4, 0.5) is 0 Å². The number of hydrogen-bond donors (Lipinski definition) is 1. The summed E-state index contributed by atoms with van der Waals surface area (Å²) < 4.78 is 5.43. The Bertz CT molecular complexity index is 488. The van der Waals surface area contributed by atoms with Crippen LogP contribution >= 0.6 is 0 Å². The second-order valence-electron chi connectivity index (χ2n) is 5.49. The van der Waals surface area contributed by atoms with Gasteiger partial charge in [0, 0.05) is 12.6 Å². The molecule has 1 aliphatic heterocycles. The molecule has 4 heteroatoms. The molecule has 116 valence electrons. The van der Waals surface area contributed by atoms with Crippen molar-refractivity contribution in [3.05, 3.63) is 29.3 Å². The van der Waals surface area contributed by atoms with Gasteiger partial charge in [0.15, 0.2) is 0 Å². The van der Waals surface area contributed by atoms with Gasteiger partial charge in [0.1, 0.15) is 5.75 Å². The van der Waals surface area contributed by atoms with E-state index in [2.05, 4.69) is 24.1 Å². The van der Waals surface area contributed by atoms with Gasteiger partial charge >= 0.3 is 0 Å². The molecule has 1 fully saturated rings. The maximum absolute atomic E-state index is 12.4. The molecule has 1 aromatic carbocycles. The van der Waals surface area contributed by atoms with E-state index in [1.807, 2.05) is 18.2 Å². The molecule has 0 aromatic heterocycles. The van der Waals surface area contributed by atoms with E-state index in [0.29, 0.717) is 23.9 Å². The summed E-state index contributed by atoms with van der Waals surface area (Å²) >= 11 is 0. The van der Waals surface area contributed by atoms with Gasteiger partial charge < -0.3 is 10.1 Å². The van der Waals surface area contributed by atoms with E-state index >= 15 is 0 Å². The van der Waals surface area contributed by atoms with E-state index in [9.17, 15) is 4.79 Å². The molecule has 1 aromatic rings. The molecule has 1 heterocycles. The maximum atomic E-state index is 12.4. The summed E-state index contributed by atoms with van der Waals surface area (Å²) in [5, 5.41) is 3.07. The first-order chi connectivity index (χ1) is 10.2. The average Bonchev–Trinajstić information content (AvgIpc) is 2.99. The smallest absolute Gasteiger partial charge is 0.255 e. The first kappa shape index (κ1) is 15.8. The number of benzene rings is 1. The zero-order valence-corrected chi connectivity index (χ0v) is 13.3. The number of aryl methyl sites for hydroxylation is 1. The molecule has 0 bridgehead atoms. The molecule has 1 saturated heterocycles. The number of likely N-dealkylation sites (N-methyl/N-ethyl adjacent to an activating group) is 1. The van der Waals surface area contributed by atoms with Crippen LogP contribution in [0.5, 0.6) is 5.75 Å². The van der Waals surface area contributed by atoms with Gasteiger partial charge in [-0.1, -0.05) is 26.0 Å². The predicted molar refractivity (Wildman–Crippen MR) is 85.0 cm³/mol. The summed E-state index contributed by atoms with van der Waals surface area (Å²) in [4.78, 5) is 14.9. The van der Waals surface area contributed by atoms with Crippen molar-refractivity contribution >= 4 is 5.91 Å². The molecule has 1 N–H and O–H groups in total. The predicted octanol–water partition coefficient (Wildman–Crippen LogP) is 2.47. The van der Waals surface area contributed by atoms with Crippen LogP contribution in [0, 0.1) is 0 Å². The van der Waals surface area contributed by atoms with E-state index in [4.69, 9.17) is 4.74 Å². The number of hydrogen-bond acceptors (Lipinski definition) is 3. The molecule has 1 atom stereocenters. The number of carbonyl (C=O) groups is 1. The van der Waals surface area contributed by atoms with Gasteiger partial charge in [-0.3, -0.25) is 9.69 Å². The summed E-state index contributed by atoms with van der Waals surface area (Å²) in [5.74, 6) is 0.668. The molecule has 21 heavy (non-hydrogen) atoms. The number of amides is 1. The third kappa shape index (κ3) is 3.56. The van der Waals surface area contributed by atoms with Gasteiger partial charge in [0.2, 0.25) is 0 Å². The standard InChI is InChI=1S/C17H26N2O2/c1-4-13-8-6-10-15(16(13)21-3)17(20)18-12-14-9-7-11-19(14)5-2/h6,8,10,14H,4-5,7,9,11-12H2,1-3H3,(H,18,20). The number of methoxy groups -OCH3 is 1. The average molecular weight is 290 g/mol. The SMILES string of the molecule is CCc1cccc(C(=O)NCC2CCCN2CC)c1OC. The monoisotopic (exact) mass is 290 g/mol. The molecule has 4 nitrogen and oxygen atoms in total. The molecular weight excluding hydrogens is 264 g/mol. The number of ether oxygens (including phenoxy) is 1. The molecule has 0 aliphatic carbocycles. The molecular formula is C17H26N2O2. The number of likely N-dealkylation sites (tertiary alicyclic amines) is 1. The Balaban J connectivity index is 2.03. The van der Waals surface area contributed by atoms with Crippen molar-refractivity contribution in [1.82, 2.24) is 10.2 Å².